The average Bonchev–Trinajstić information content (AvgIpc) is 2.64. The molecule has 0 amide bonds. The first-order chi connectivity index (χ1) is 5.93. The van der Waals surface area contributed by atoms with E-state index in [2.05, 4.69) is 29.6 Å². The first kappa shape index (κ1) is 6.30. The van der Waals surface area contributed by atoms with Gasteiger partial charge in [0.05, 0.1) is 0 Å². The molecule has 60 valence electrons. The number of hydrogen-bond acceptors (Lipinski definition) is 1. The molecule has 1 aromatic carbocycles. The van der Waals surface area contributed by atoms with Gasteiger partial charge in [0.15, 0.2) is 0 Å². The van der Waals surface area contributed by atoms with Gasteiger partial charge >= 0.3 is 0 Å². The smallest absolute Gasteiger partial charge is 0.0379 e. The van der Waals surface area contributed by atoms with Gasteiger partial charge in [0, 0.05) is 12.2 Å². The lowest BCUT2D eigenvalue weighted by molar-refractivity contribution is 1.10. The van der Waals surface area contributed by atoms with Crippen LogP contribution in [0.3, 0.4) is 0 Å². The summed E-state index contributed by atoms with van der Waals surface area (Å²) in [7, 11) is 0. The van der Waals surface area contributed by atoms with Gasteiger partial charge in [0.2, 0.25) is 0 Å². The van der Waals surface area contributed by atoms with Crippen LogP contribution in [0.2, 0.25) is 0 Å². The minimum absolute atomic E-state index is 1.11. The van der Waals surface area contributed by atoms with Crippen LogP contribution in [0.4, 0.5) is 5.69 Å². The van der Waals surface area contributed by atoms with Crippen LogP contribution in [0.1, 0.15) is 12.0 Å². The minimum atomic E-state index is 1.11. The largest absolute Gasteiger partial charge is 0.384 e. The number of nitrogens with one attached hydrogen (secondary N) is 1. The third-order valence-corrected chi connectivity index (χ3v) is 2.69. The molecule has 0 fully saturated rings. The van der Waals surface area contributed by atoms with Crippen LogP contribution in [-0.2, 0) is 6.42 Å². The lowest BCUT2D eigenvalue weighted by atomic mass is 10.1. The molecule has 1 nitrogen and oxygen atoms in total. The van der Waals surface area contributed by atoms with Crippen molar-refractivity contribution in [1.29, 1.82) is 0 Å². The maximum Gasteiger partial charge on any atom is 0.0379 e. The molecule has 1 aliphatic carbocycles. The van der Waals surface area contributed by atoms with E-state index in [0.29, 0.717) is 0 Å². The monoisotopic (exact) mass is 157 g/mol. The Bertz CT molecular complexity index is 402. The Kier molecular flexibility index (Phi) is 1.12. The zero-order chi connectivity index (χ0) is 7.97. The highest BCUT2D eigenvalue weighted by atomic mass is 14.9. The molecule has 0 saturated carbocycles. The van der Waals surface area contributed by atoms with Crippen LogP contribution in [0, 0.1) is 0 Å². The normalized spacial score (nSPS) is 17.3. The molecule has 0 aromatic heterocycles. The van der Waals surface area contributed by atoms with E-state index in [1.165, 1.54) is 28.1 Å². The molecule has 0 atom stereocenters. The molecule has 1 heteroatoms. The molecule has 2 aliphatic rings. The Morgan fingerprint density at radius 1 is 1.08 bits per heavy atom. The zero-order valence-corrected chi connectivity index (χ0v) is 6.93. The Morgan fingerprint density at radius 2 is 1.92 bits per heavy atom. The molecule has 1 N–H and O–H groups in total. The summed E-state index contributed by atoms with van der Waals surface area (Å²) in [4.78, 5) is 0. The molecular formula is C11H11N. The molecule has 1 aromatic rings. The number of anilines is 1. The molecule has 3 rings (SSSR count). The molecule has 1 heterocycles. The average molecular weight is 157 g/mol. The maximum absolute atomic E-state index is 3.40. The fraction of sp³-hybridized carbons (Fsp3) is 0.273. The highest BCUT2D eigenvalue weighted by molar-refractivity contribution is 5.60. The lowest BCUT2D eigenvalue weighted by Gasteiger charge is -1.97. The maximum atomic E-state index is 3.40. The first-order valence-corrected chi connectivity index (χ1v) is 4.51. The van der Waals surface area contributed by atoms with E-state index in [4.69, 9.17) is 0 Å². The van der Waals surface area contributed by atoms with Gasteiger partial charge in [-0.3, -0.25) is 0 Å². The Morgan fingerprint density at radius 3 is 2.83 bits per heavy atom. The van der Waals surface area contributed by atoms with Crippen molar-refractivity contribution in [3.8, 4) is 0 Å². The number of hydrogen-bond donors (Lipinski definition) is 1. The third kappa shape index (κ3) is 0.737. The van der Waals surface area contributed by atoms with Crippen LogP contribution in [0.5, 0.6) is 0 Å². The van der Waals surface area contributed by atoms with Crippen molar-refractivity contribution in [3.05, 3.63) is 28.1 Å². The molecule has 0 saturated heterocycles. The quantitative estimate of drug-likeness (QED) is 0.582. The summed E-state index contributed by atoms with van der Waals surface area (Å²) in [5.74, 6) is 0. The summed E-state index contributed by atoms with van der Waals surface area (Å²) in [6.07, 6.45) is 6.89. The van der Waals surface area contributed by atoms with Crippen molar-refractivity contribution in [3.63, 3.8) is 0 Å². The van der Waals surface area contributed by atoms with Crippen LogP contribution in [0.25, 0.3) is 12.2 Å². The van der Waals surface area contributed by atoms with Gasteiger partial charge in [-0.2, -0.15) is 0 Å². The van der Waals surface area contributed by atoms with E-state index < -0.39 is 0 Å². The predicted molar refractivity (Wildman–Crippen MR) is 51.4 cm³/mol. The molecule has 1 aliphatic heterocycles. The van der Waals surface area contributed by atoms with E-state index in [1.807, 2.05) is 0 Å². The SMILES string of the molecule is C1=c2cc3c(cc2=CC1)NCC3. The first-order valence-electron chi connectivity index (χ1n) is 4.51. The molecule has 0 bridgehead atoms. The van der Waals surface area contributed by atoms with Gasteiger partial charge in [-0.25, -0.2) is 0 Å². The lowest BCUT2D eigenvalue weighted by Crippen LogP contribution is -2.21. The fourth-order valence-electron chi connectivity index (χ4n) is 2.05. The topological polar surface area (TPSA) is 12.0 Å². The van der Waals surface area contributed by atoms with Crippen LogP contribution < -0.4 is 15.8 Å². The zero-order valence-electron chi connectivity index (χ0n) is 6.93. The summed E-state index contributed by atoms with van der Waals surface area (Å²) in [5.41, 5.74) is 2.83. The van der Waals surface area contributed by atoms with Crippen molar-refractivity contribution in [2.24, 2.45) is 0 Å². The van der Waals surface area contributed by atoms with Gasteiger partial charge in [0.25, 0.3) is 0 Å². The molecule has 0 unspecified atom stereocenters. The van der Waals surface area contributed by atoms with Crippen molar-refractivity contribution < 1.29 is 0 Å². The number of benzene rings is 1. The minimum Gasteiger partial charge on any atom is -0.384 e. The third-order valence-electron chi connectivity index (χ3n) is 2.69. The van der Waals surface area contributed by atoms with Gasteiger partial charge in [-0.05, 0) is 41.0 Å². The molecule has 0 spiro atoms. The van der Waals surface area contributed by atoms with Crippen LogP contribution in [0.15, 0.2) is 12.1 Å². The van der Waals surface area contributed by atoms with Crippen LogP contribution in [-0.4, -0.2) is 6.54 Å². The van der Waals surface area contributed by atoms with Gasteiger partial charge < -0.3 is 5.32 Å². The summed E-state index contributed by atoms with van der Waals surface area (Å²) < 4.78 is 0. The summed E-state index contributed by atoms with van der Waals surface area (Å²) >= 11 is 0. The van der Waals surface area contributed by atoms with E-state index in [0.717, 1.165) is 13.0 Å². The van der Waals surface area contributed by atoms with E-state index in [1.54, 1.807) is 0 Å². The van der Waals surface area contributed by atoms with Crippen molar-refractivity contribution in [2.75, 3.05) is 11.9 Å². The van der Waals surface area contributed by atoms with Crippen molar-refractivity contribution in [2.45, 2.75) is 12.8 Å². The molecule has 0 radical (unpaired) electrons. The van der Waals surface area contributed by atoms with E-state index >= 15 is 0 Å². The molecular weight excluding hydrogens is 146 g/mol. The Hall–Kier alpha value is -1.24. The second-order valence-electron chi connectivity index (χ2n) is 3.46. The highest BCUT2D eigenvalue weighted by Gasteiger charge is 2.09. The van der Waals surface area contributed by atoms with Gasteiger partial charge in [-0.1, -0.05) is 12.2 Å². The van der Waals surface area contributed by atoms with Gasteiger partial charge in [0.1, 0.15) is 0 Å². The van der Waals surface area contributed by atoms with Crippen molar-refractivity contribution in [1.82, 2.24) is 0 Å². The van der Waals surface area contributed by atoms with Crippen LogP contribution >= 0.6 is 0 Å². The fourth-order valence-corrected chi connectivity index (χ4v) is 2.05. The summed E-state index contributed by atoms with van der Waals surface area (Å²) in [6.45, 7) is 1.11. The summed E-state index contributed by atoms with van der Waals surface area (Å²) in [6, 6.07) is 4.61. The van der Waals surface area contributed by atoms with Gasteiger partial charge in [-0.15, -0.1) is 0 Å². The Labute approximate surface area is 71.4 Å². The summed E-state index contributed by atoms with van der Waals surface area (Å²) in [5, 5.41) is 6.23. The highest BCUT2D eigenvalue weighted by Crippen LogP contribution is 2.17. The Balaban J connectivity index is 2.40. The number of rotatable bonds is 0. The van der Waals surface area contributed by atoms with E-state index in [-0.39, 0.29) is 0 Å². The van der Waals surface area contributed by atoms with Crippen molar-refractivity contribution >= 4 is 17.8 Å². The number of fused-ring (bicyclic) bond motifs is 2. The van der Waals surface area contributed by atoms with E-state index in [9.17, 15) is 0 Å². The second kappa shape index (κ2) is 2.13. The standard InChI is InChI=1S/C11H11N/c1-2-8-6-10-4-5-12-11(10)7-9(8)3-1/h2-3,6-7,12H,1,4-5H2. The second-order valence-corrected chi connectivity index (χ2v) is 3.46. The molecule has 12 heavy (non-hydrogen) atoms. The predicted octanol–water partition coefficient (Wildman–Crippen LogP) is 0.619.